The van der Waals surface area contributed by atoms with E-state index in [4.69, 9.17) is 4.74 Å². The van der Waals surface area contributed by atoms with Gasteiger partial charge in [-0.05, 0) is 30.7 Å². The molecule has 2 aliphatic rings. The maximum Gasteiger partial charge on any atom is 0.322 e. The zero-order valence-corrected chi connectivity index (χ0v) is 14.2. The van der Waals surface area contributed by atoms with Gasteiger partial charge in [0.15, 0.2) is 0 Å². The van der Waals surface area contributed by atoms with E-state index in [0.29, 0.717) is 13.1 Å². The molecule has 0 spiro atoms. The molecule has 4 amide bonds. The van der Waals surface area contributed by atoms with Crippen molar-refractivity contribution >= 4 is 23.5 Å². The van der Waals surface area contributed by atoms with Crippen LogP contribution in [0.3, 0.4) is 0 Å². The van der Waals surface area contributed by atoms with Crippen molar-refractivity contribution < 1.29 is 19.1 Å². The molecule has 2 fully saturated rings. The van der Waals surface area contributed by atoms with Crippen LogP contribution in [0, 0.1) is 0 Å². The fourth-order valence-electron chi connectivity index (χ4n) is 3.12. The molecular formula is C17H22N4O4. The van der Waals surface area contributed by atoms with Crippen LogP contribution in [0.4, 0.5) is 10.5 Å². The SMILES string of the molecule is COc1ccc(N2CCCN(C(=O)C[C@H]3NC(=O)NC3=O)CC2)cc1. The van der Waals surface area contributed by atoms with Gasteiger partial charge in [-0.2, -0.15) is 0 Å². The van der Waals surface area contributed by atoms with Gasteiger partial charge in [0.05, 0.1) is 13.5 Å². The number of carbonyl (C=O) groups excluding carboxylic acids is 3. The van der Waals surface area contributed by atoms with Gasteiger partial charge in [-0.25, -0.2) is 4.79 Å². The summed E-state index contributed by atoms with van der Waals surface area (Å²) in [4.78, 5) is 39.2. The molecule has 0 saturated carbocycles. The number of rotatable bonds is 4. The van der Waals surface area contributed by atoms with Gasteiger partial charge in [0, 0.05) is 31.9 Å². The van der Waals surface area contributed by atoms with Crippen molar-refractivity contribution in [2.24, 2.45) is 0 Å². The number of benzene rings is 1. The van der Waals surface area contributed by atoms with E-state index in [9.17, 15) is 14.4 Å². The summed E-state index contributed by atoms with van der Waals surface area (Å²) < 4.78 is 5.18. The van der Waals surface area contributed by atoms with Gasteiger partial charge < -0.3 is 19.9 Å². The van der Waals surface area contributed by atoms with Gasteiger partial charge in [-0.1, -0.05) is 0 Å². The van der Waals surface area contributed by atoms with Crippen LogP contribution in [0.25, 0.3) is 0 Å². The van der Waals surface area contributed by atoms with E-state index >= 15 is 0 Å². The molecule has 0 unspecified atom stereocenters. The molecule has 2 heterocycles. The van der Waals surface area contributed by atoms with E-state index in [1.807, 2.05) is 24.3 Å². The van der Waals surface area contributed by atoms with E-state index < -0.39 is 18.0 Å². The van der Waals surface area contributed by atoms with Crippen LogP contribution >= 0.6 is 0 Å². The van der Waals surface area contributed by atoms with Crippen molar-refractivity contribution in [2.75, 3.05) is 38.2 Å². The van der Waals surface area contributed by atoms with Crippen LogP contribution in [-0.4, -0.2) is 62.1 Å². The predicted octanol–water partition coefficient (Wildman–Crippen LogP) is 0.332. The summed E-state index contributed by atoms with van der Waals surface area (Å²) in [7, 11) is 1.64. The Kier molecular flexibility index (Phi) is 5.06. The van der Waals surface area contributed by atoms with Gasteiger partial charge in [-0.3, -0.25) is 14.9 Å². The second-order valence-electron chi connectivity index (χ2n) is 6.14. The third-order valence-corrected chi connectivity index (χ3v) is 4.52. The number of imide groups is 1. The molecular weight excluding hydrogens is 324 g/mol. The van der Waals surface area contributed by atoms with Crippen molar-refractivity contribution in [2.45, 2.75) is 18.9 Å². The zero-order chi connectivity index (χ0) is 17.8. The minimum atomic E-state index is -0.763. The van der Waals surface area contributed by atoms with Crippen molar-refractivity contribution in [1.82, 2.24) is 15.5 Å². The Morgan fingerprint density at radius 3 is 2.56 bits per heavy atom. The molecule has 134 valence electrons. The first kappa shape index (κ1) is 17.1. The summed E-state index contributed by atoms with van der Waals surface area (Å²) in [5.74, 6) is 0.263. The summed E-state index contributed by atoms with van der Waals surface area (Å²) in [5.41, 5.74) is 1.09. The molecule has 2 N–H and O–H groups in total. The molecule has 1 aromatic carbocycles. The summed E-state index contributed by atoms with van der Waals surface area (Å²) in [6.07, 6.45) is 0.848. The molecule has 25 heavy (non-hydrogen) atoms. The summed E-state index contributed by atoms with van der Waals surface area (Å²) in [6.45, 7) is 2.82. The third-order valence-electron chi connectivity index (χ3n) is 4.52. The maximum absolute atomic E-state index is 12.4. The lowest BCUT2D eigenvalue weighted by molar-refractivity contribution is -0.133. The molecule has 0 aromatic heterocycles. The number of ether oxygens (including phenoxy) is 1. The van der Waals surface area contributed by atoms with E-state index in [-0.39, 0.29) is 12.3 Å². The predicted molar refractivity (Wildman–Crippen MR) is 91.5 cm³/mol. The van der Waals surface area contributed by atoms with Crippen molar-refractivity contribution in [1.29, 1.82) is 0 Å². The molecule has 2 aliphatic heterocycles. The standard InChI is InChI=1S/C17H22N4O4/c1-25-13-5-3-12(4-6-13)20-7-2-8-21(10-9-20)15(22)11-14-16(23)19-17(24)18-14/h3-6,14H,2,7-11H2,1H3,(H2,18,19,23,24)/t14-/m1/s1. The first-order valence-electron chi connectivity index (χ1n) is 8.35. The van der Waals surface area contributed by atoms with Gasteiger partial charge >= 0.3 is 6.03 Å². The number of carbonyl (C=O) groups is 3. The fourth-order valence-corrected chi connectivity index (χ4v) is 3.12. The van der Waals surface area contributed by atoms with Gasteiger partial charge in [-0.15, -0.1) is 0 Å². The number of hydrogen-bond donors (Lipinski definition) is 2. The van der Waals surface area contributed by atoms with E-state index in [1.54, 1.807) is 12.0 Å². The Morgan fingerprint density at radius 2 is 1.92 bits per heavy atom. The lowest BCUT2D eigenvalue weighted by atomic mass is 10.2. The Hall–Kier alpha value is -2.77. The maximum atomic E-state index is 12.4. The van der Waals surface area contributed by atoms with Crippen LogP contribution < -0.4 is 20.3 Å². The van der Waals surface area contributed by atoms with Gasteiger partial charge in [0.25, 0.3) is 5.91 Å². The molecule has 3 rings (SSSR count). The highest BCUT2D eigenvalue weighted by atomic mass is 16.5. The van der Waals surface area contributed by atoms with E-state index in [1.165, 1.54) is 0 Å². The molecule has 1 aromatic rings. The lowest BCUT2D eigenvalue weighted by Gasteiger charge is -2.24. The average molecular weight is 346 g/mol. The van der Waals surface area contributed by atoms with Crippen molar-refractivity contribution in [3.05, 3.63) is 24.3 Å². The largest absolute Gasteiger partial charge is 0.497 e. The molecule has 1 atom stereocenters. The summed E-state index contributed by atoms with van der Waals surface area (Å²) >= 11 is 0. The monoisotopic (exact) mass is 346 g/mol. The van der Waals surface area contributed by atoms with Crippen LogP contribution in [-0.2, 0) is 9.59 Å². The number of anilines is 1. The molecule has 0 bridgehead atoms. The Morgan fingerprint density at radius 1 is 1.16 bits per heavy atom. The minimum Gasteiger partial charge on any atom is -0.497 e. The van der Waals surface area contributed by atoms with Crippen LogP contribution in [0.5, 0.6) is 5.75 Å². The van der Waals surface area contributed by atoms with Crippen LogP contribution in [0.2, 0.25) is 0 Å². The quantitative estimate of drug-likeness (QED) is 0.767. The molecule has 8 heteroatoms. The highest BCUT2D eigenvalue weighted by Crippen LogP contribution is 2.20. The third kappa shape index (κ3) is 4.01. The summed E-state index contributed by atoms with van der Waals surface area (Å²) in [5, 5.41) is 4.61. The molecule has 0 radical (unpaired) electrons. The van der Waals surface area contributed by atoms with E-state index in [2.05, 4.69) is 15.5 Å². The molecule has 2 saturated heterocycles. The molecule has 0 aliphatic carbocycles. The van der Waals surface area contributed by atoms with Crippen molar-refractivity contribution in [3.8, 4) is 5.75 Å². The lowest BCUT2D eigenvalue weighted by Crippen LogP contribution is -2.40. The van der Waals surface area contributed by atoms with E-state index in [0.717, 1.165) is 30.9 Å². The smallest absolute Gasteiger partial charge is 0.322 e. The number of hydrogen-bond acceptors (Lipinski definition) is 5. The number of nitrogens with one attached hydrogen (secondary N) is 2. The first-order chi connectivity index (χ1) is 12.1. The Bertz CT molecular complexity index is 661. The average Bonchev–Trinajstić information content (AvgIpc) is 2.81. The number of amides is 4. The number of urea groups is 1. The second-order valence-corrected chi connectivity index (χ2v) is 6.14. The normalized spacial score (nSPS) is 20.8. The van der Waals surface area contributed by atoms with Crippen molar-refractivity contribution in [3.63, 3.8) is 0 Å². The first-order valence-corrected chi connectivity index (χ1v) is 8.35. The Balaban J connectivity index is 1.56. The van der Waals surface area contributed by atoms with Gasteiger partial charge in [0.2, 0.25) is 5.91 Å². The van der Waals surface area contributed by atoms with Crippen LogP contribution in [0.1, 0.15) is 12.8 Å². The van der Waals surface area contributed by atoms with Gasteiger partial charge in [0.1, 0.15) is 11.8 Å². The highest BCUT2D eigenvalue weighted by molar-refractivity contribution is 6.05. The topological polar surface area (TPSA) is 91.0 Å². The zero-order valence-electron chi connectivity index (χ0n) is 14.2. The van der Waals surface area contributed by atoms with Crippen LogP contribution in [0.15, 0.2) is 24.3 Å². The fraction of sp³-hybridized carbons (Fsp3) is 0.471. The number of methoxy groups -OCH3 is 1. The second kappa shape index (κ2) is 7.42. The number of nitrogens with zero attached hydrogens (tertiary/aromatic N) is 2. The molecule has 8 nitrogen and oxygen atoms in total. The summed E-state index contributed by atoms with van der Waals surface area (Å²) in [6, 6.07) is 6.56. The Labute approximate surface area is 146 Å². The minimum absolute atomic E-state index is 0.000108. The highest BCUT2D eigenvalue weighted by Gasteiger charge is 2.33.